The zero-order chi connectivity index (χ0) is 60.6. The zero-order valence-corrected chi connectivity index (χ0v) is 46.5. The van der Waals surface area contributed by atoms with Crippen molar-refractivity contribution < 1.29 is 74.2 Å². The monoisotopic (exact) mass is 1150 g/mol. The Balaban J connectivity index is 0.000000177. The molecule has 2 aliphatic carbocycles. The van der Waals surface area contributed by atoms with E-state index in [2.05, 4.69) is 26.0 Å². The largest absolute Gasteiger partial charge is 0.457 e. The maximum absolute atomic E-state index is 14.7. The van der Waals surface area contributed by atoms with Crippen molar-refractivity contribution in [3.05, 3.63) is 178 Å². The summed E-state index contributed by atoms with van der Waals surface area (Å²) in [6.07, 6.45) is -11.7. The van der Waals surface area contributed by atoms with Crippen molar-refractivity contribution in [3.8, 4) is 23.0 Å². The summed E-state index contributed by atoms with van der Waals surface area (Å²) in [6, 6.07) is 35.7. The lowest BCUT2D eigenvalue weighted by Gasteiger charge is -2.39. The van der Waals surface area contributed by atoms with E-state index in [1.807, 2.05) is 67.6 Å². The van der Waals surface area contributed by atoms with Crippen LogP contribution in [0.1, 0.15) is 58.4 Å². The number of fused-ring (bicyclic) bond motifs is 8. The number of hydrogen-bond donors (Lipinski definition) is 0. The molecule has 20 heteroatoms. The van der Waals surface area contributed by atoms with Crippen molar-refractivity contribution in [3.63, 3.8) is 0 Å². The number of imide groups is 4. The molecule has 6 fully saturated rings. The number of ether oxygens (including phenoxy) is 2. The summed E-state index contributed by atoms with van der Waals surface area (Å²) in [4.78, 5) is 106. The molecule has 0 aromatic heterocycles. The van der Waals surface area contributed by atoms with Crippen LogP contribution in [0.15, 0.2) is 133 Å². The molecule has 8 atom stereocenters. The van der Waals surface area contributed by atoms with Gasteiger partial charge in [0.2, 0.25) is 52.7 Å². The Morgan fingerprint density at radius 1 is 0.357 bits per heavy atom. The fourth-order valence-electron chi connectivity index (χ4n) is 13.0. The van der Waals surface area contributed by atoms with Gasteiger partial charge in [0.05, 0.1) is 58.7 Å². The molecule has 8 amide bonds. The van der Waals surface area contributed by atoms with Crippen LogP contribution in [0.4, 0.5) is 37.7 Å². The van der Waals surface area contributed by atoms with E-state index in [1.54, 1.807) is 31.2 Å². The van der Waals surface area contributed by atoms with Crippen LogP contribution in [0.5, 0.6) is 23.0 Å². The zero-order valence-electron chi connectivity index (χ0n) is 46.5. The molecule has 0 radical (unpaired) electrons. The fourth-order valence-corrected chi connectivity index (χ4v) is 13.0. The Labute approximate surface area is 477 Å². The van der Waals surface area contributed by atoms with Crippen LogP contribution in [0, 0.1) is 75.0 Å². The summed E-state index contributed by atoms with van der Waals surface area (Å²) in [6.45, 7) is 10.7. The average molecular weight is 1150 g/mol. The van der Waals surface area contributed by atoms with Crippen LogP contribution in [0.3, 0.4) is 0 Å². The number of aryl methyl sites for hydroxylation is 4. The number of halogens is 6. The number of amides is 8. The topological polar surface area (TPSA) is 168 Å². The molecule has 6 aromatic rings. The van der Waals surface area contributed by atoms with E-state index in [9.17, 15) is 64.7 Å². The standard InChI is InChI=1S/C37H32N2O6.C27H22F6N2O4/c1-21-5-13-25(14-6-21)44-26-15-7-22(8-16-26)37(2,3)23-9-17-27(18-10-23)45-28-19-11-24(12-20-28)39-35(42)31-29-30(32(31)36(39)43)34(41)38(4)33(29)40;1-11-5-7-14(9-13(11)3)25(26(28,29)30,27(31,32)33)15-8-6-12(2)16(10-15)35-23(38)19-17-18(20(19)24(35)39)22(37)34(4)21(17)36/h5-20,29-32H,1-4H3;5-10,17-20H,1-4H3. The van der Waals surface area contributed by atoms with Gasteiger partial charge in [-0.25, -0.2) is 4.90 Å². The third-order valence-corrected chi connectivity index (χ3v) is 18.0. The quantitative estimate of drug-likeness (QED) is 0.0951. The van der Waals surface area contributed by atoms with Gasteiger partial charge in [0.15, 0.2) is 0 Å². The maximum atomic E-state index is 14.7. The molecule has 4 heterocycles. The van der Waals surface area contributed by atoms with E-state index in [0.717, 1.165) is 55.5 Å². The molecule has 0 spiro atoms. The first-order valence-electron chi connectivity index (χ1n) is 27.0. The number of benzene rings is 6. The lowest BCUT2D eigenvalue weighted by atomic mass is 9.59. The number of anilines is 2. The Hall–Kier alpha value is -8.94. The van der Waals surface area contributed by atoms with Crippen LogP contribution < -0.4 is 19.3 Å². The van der Waals surface area contributed by atoms with E-state index in [1.165, 1.54) is 39.6 Å². The van der Waals surface area contributed by atoms with Gasteiger partial charge in [-0.15, -0.1) is 0 Å². The first-order valence-corrected chi connectivity index (χ1v) is 27.0. The molecule has 6 aliphatic rings. The second-order valence-corrected chi connectivity index (χ2v) is 22.9. The summed E-state index contributed by atoms with van der Waals surface area (Å²) >= 11 is 0. The van der Waals surface area contributed by atoms with Crippen molar-refractivity contribution in [2.45, 2.75) is 64.7 Å². The minimum atomic E-state index is -5.86. The van der Waals surface area contributed by atoms with Gasteiger partial charge in [0.25, 0.3) is 0 Å². The molecule has 0 N–H and O–H groups in total. The van der Waals surface area contributed by atoms with Crippen molar-refractivity contribution in [1.29, 1.82) is 0 Å². The van der Waals surface area contributed by atoms with Gasteiger partial charge in [-0.05, 0) is 133 Å². The second kappa shape index (κ2) is 19.9. The highest BCUT2D eigenvalue weighted by molar-refractivity contribution is 6.29. The lowest BCUT2D eigenvalue weighted by molar-refractivity contribution is -0.288. The van der Waals surface area contributed by atoms with Crippen LogP contribution in [-0.2, 0) is 49.2 Å². The maximum Gasteiger partial charge on any atom is 0.411 e. The Kier molecular flexibility index (Phi) is 13.5. The molecule has 432 valence electrons. The summed E-state index contributed by atoms with van der Waals surface area (Å²) in [7, 11) is 2.63. The predicted octanol–water partition coefficient (Wildman–Crippen LogP) is 10.6. The number of alkyl halides is 6. The second-order valence-electron chi connectivity index (χ2n) is 22.9. The molecule has 8 unspecified atom stereocenters. The summed E-state index contributed by atoms with van der Waals surface area (Å²) in [5.74, 6) is -9.61. The van der Waals surface area contributed by atoms with Crippen LogP contribution >= 0.6 is 0 Å². The number of carbonyl (C=O) groups excluding carboxylic acids is 8. The number of carbonyl (C=O) groups is 8. The minimum absolute atomic E-state index is 0.0695. The van der Waals surface area contributed by atoms with Gasteiger partial charge < -0.3 is 9.47 Å². The molecule has 12 rings (SSSR count). The van der Waals surface area contributed by atoms with Crippen molar-refractivity contribution in [1.82, 2.24) is 9.80 Å². The third-order valence-electron chi connectivity index (χ3n) is 18.0. The van der Waals surface area contributed by atoms with Gasteiger partial charge in [-0.1, -0.05) is 86.1 Å². The number of nitrogens with zero attached hydrogens (tertiary/aromatic N) is 4. The number of likely N-dealkylation sites (tertiary alicyclic amines) is 2. The first kappa shape index (κ1) is 56.9. The van der Waals surface area contributed by atoms with Gasteiger partial charge >= 0.3 is 12.4 Å². The normalized spacial score (nSPS) is 23.7. The SMILES string of the molecule is Cc1ccc(C(c2ccc(C)c(N3C(=O)C4C5C(=O)N(C)C(=O)C5C4C3=O)c2)(C(F)(F)F)C(F)(F)F)cc1C.Cc1ccc(Oc2ccc(C(C)(C)c3ccc(Oc4ccc(N5C(=O)C6C7C(=O)N(C)C(=O)C7C6C5=O)cc4)cc3)cc2)cc1. The van der Waals surface area contributed by atoms with Gasteiger partial charge in [0, 0.05) is 19.5 Å². The molecule has 84 heavy (non-hydrogen) atoms. The van der Waals surface area contributed by atoms with E-state index in [-0.39, 0.29) is 28.4 Å². The lowest BCUT2D eigenvalue weighted by Crippen LogP contribution is -2.55. The Morgan fingerprint density at radius 3 is 1.04 bits per heavy atom. The molecule has 14 nitrogen and oxygen atoms in total. The van der Waals surface area contributed by atoms with Gasteiger partial charge in [0.1, 0.15) is 23.0 Å². The first-order chi connectivity index (χ1) is 39.5. The van der Waals surface area contributed by atoms with Crippen LogP contribution in [0.2, 0.25) is 0 Å². The van der Waals surface area contributed by atoms with E-state index < -0.39 is 117 Å². The minimum Gasteiger partial charge on any atom is -0.457 e. The number of rotatable bonds is 10. The van der Waals surface area contributed by atoms with E-state index in [4.69, 9.17) is 9.47 Å². The highest BCUT2D eigenvalue weighted by atomic mass is 19.4. The van der Waals surface area contributed by atoms with Crippen LogP contribution in [-0.4, -0.2) is 83.5 Å². The molecule has 6 aromatic carbocycles. The summed E-state index contributed by atoms with van der Waals surface area (Å²) in [5.41, 5.74) is -2.86. The highest BCUT2D eigenvalue weighted by Crippen LogP contribution is 2.60. The molecule has 2 saturated carbocycles. The molecular formula is C64H54F6N4O10. The Bertz CT molecular complexity index is 3690. The molecular weight excluding hydrogens is 1100 g/mol. The van der Waals surface area contributed by atoms with Crippen molar-refractivity contribution >= 4 is 58.6 Å². The third kappa shape index (κ3) is 8.52. The molecule has 0 bridgehead atoms. The smallest absolute Gasteiger partial charge is 0.411 e. The van der Waals surface area contributed by atoms with Crippen molar-refractivity contribution in [2.75, 3.05) is 23.9 Å². The summed E-state index contributed by atoms with van der Waals surface area (Å²) < 4.78 is 100. The predicted molar refractivity (Wildman–Crippen MR) is 291 cm³/mol. The van der Waals surface area contributed by atoms with Gasteiger partial charge in [-0.3, -0.25) is 53.1 Å². The van der Waals surface area contributed by atoms with Crippen molar-refractivity contribution in [2.24, 2.45) is 47.3 Å². The number of hydrogen-bond acceptors (Lipinski definition) is 10. The fraction of sp³-hybridized carbons (Fsp3) is 0.312. The van der Waals surface area contributed by atoms with E-state index >= 15 is 0 Å². The molecule has 4 saturated heterocycles. The Morgan fingerprint density at radius 2 is 0.667 bits per heavy atom. The van der Waals surface area contributed by atoms with E-state index in [0.29, 0.717) is 39.8 Å². The van der Waals surface area contributed by atoms with Crippen LogP contribution in [0.25, 0.3) is 0 Å². The van der Waals surface area contributed by atoms with Gasteiger partial charge in [-0.2, -0.15) is 26.3 Å². The highest BCUT2D eigenvalue weighted by Gasteiger charge is 2.76. The summed E-state index contributed by atoms with van der Waals surface area (Å²) in [5, 5.41) is 0. The average Bonchev–Trinajstić information content (AvgIpc) is 2.02. The molecule has 4 aliphatic heterocycles.